The molecule has 44 heavy (non-hydrogen) atoms. The van der Waals surface area contributed by atoms with Crippen molar-refractivity contribution >= 4 is 34.7 Å². The molecule has 0 radical (unpaired) electrons. The van der Waals surface area contributed by atoms with Crippen LogP contribution in [0.4, 0.5) is 16.3 Å². The highest BCUT2D eigenvalue weighted by molar-refractivity contribution is 5.83. The number of piperidine rings is 1. The molecule has 0 aliphatic carbocycles. The number of anilines is 1. The van der Waals surface area contributed by atoms with Crippen LogP contribution < -0.4 is 11.1 Å². The number of likely N-dealkylation sites (tertiary alicyclic amines) is 1. The predicted molar refractivity (Wildman–Crippen MR) is 153 cm³/mol. The van der Waals surface area contributed by atoms with Crippen LogP contribution in [-0.4, -0.2) is 89.5 Å². The highest BCUT2D eigenvalue weighted by Crippen LogP contribution is 2.32. The number of benzene rings is 1. The highest BCUT2D eigenvalue weighted by Gasteiger charge is 2.47. The van der Waals surface area contributed by atoms with E-state index >= 15 is 0 Å². The second-order valence-corrected chi connectivity index (χ2v) is 10.5. The van der Waals surface area contributed by atoms with Gasteiger partial charge in [0, 0.05) is 38.2 Å². The van der Waals surface area contributed by atoms with Crippen LogP contribution in [0.15, 0.2) is 30.6 Å². The van der Waals surface area contributed by atoms with Gasteiger partial charge in [-0.05, 0) is 49.3 Å². The summed E-state index contributed by atoms with van der Waals surface area (Å²) in [6.45, 7) is 3.10. The normalized spacial score (nSPS) is 21.9. The van der Waals surface area contributed by atoms with E-state index in [9.17, 15) is 29.9 Å². The van der Waals surface area contributed by atoms with Crippen molar-refractivity contribution < 1.29 is 34.2 Å². The largest absolute Gasteiger partial charge is 0.445 e. The Bertz CT molecular complexity index is 1590. The zero-order valence-electron chi connectivity index (χ0n) is 23.8. The number of likely N-dealkylation sites (N-methyl/N-ethyl adjacent to an activating group) is 1. The first kappa shape index (κ1) is 30.6. The third kappa shape index (κ3) is 6.54. The molecule has 2 fully saturated rings. The Balaban J connectivity index is 1.16. The van der Waals surface area contributed by atoms with Crippen LogP contribution in [0, 0.1) is 27.9 Å². The lowest BCUT2D eigenvalue weighted by molar-refractivity contribution is -0.384. The van der Waals surface area contributed by atoms with Crippen LogP contribution in [-0.2, 0) is 20.9 Å². The molecule has 2 saturated heterocycles. The molecule has 0 saturated carbocycles. The van der Waals surface area contributed by atoms with Gasteiger partial charge in [-0.3, -0.25) is 19.5 Å². The van der Waals surface area contributed by atoms with Crippen molar-refractivity contribution in [2.24, 2.45) is 5.92 Å². The number of nitrogens with one attached hydrogen (secondary N) is 1. The van der Waals surface area contributed by atoms with Crippen LogP contribution in [0.25, 0.3) is 11.2 Å². The maximum Gasteiger partial charge on any atom is 0.410 e. The molecule has 5 rings (SSSR count). The Morgan fingerprint density at radius 1 is 1.20 bits per heavy atom. The number of non-ortho nitro benzene ring substituents is 1. The Morgan fingerprint density at radius 2 is 1.93 bits per heavy atom. The maximum atomic E-state index is 12.5. The number of amides is 2. The molecule has 1 aromatic carbocycles. The number of nitrogens with two attached hydrogens (primary N) is 1. The third-order valence-corrected chi connectivity index (χ3v) is 7.54. The second-order valence-electron chi connectivity index (χ2n) is 10.5. The molecule has 16 heteroatoms. The van der Waals surface area contributed by atoms with E-state index in [4.69, 9.17) is 15.2 Å². The number of aliphatic hydroxyl groups is 2. The number of ether oxygens (including phenoxy) is 2. The average molecular weight is 609 g/mol. The summed E-state index contributed by atoms with van der Waals surface area (Å²) < 4.78 is 12.4. The number of nitrogen functional groups attached to an aromatic ring is 1. The Labute approximate surface area is 251 Å². The topological polar surface area (TPSA) is 221 Å². The first-order valence-electron chi connectivity index (χ1n) is 14.1. The molecule has 4 heterocycles. The van der Waals surface area contributed by atoms with E-state index in [1.165, 1.54) is 23.0 Å². The van der Waals surface area contributed by atoms with Gasteiger partial charge in [-0.15, -0.1) is 0 Å². The van der Waals surface area contributed by atoms with Crippen LogP contribution in [0.3, 0.4) is 0 Å². The molecule has 0 unspecified atom stereocenters. The fourth-order valence-electron chi connectivity index (χ4n) is 5.11. The van der Waals surface area contributed by atoms with Gasteiger partial charge in [-0.2, -0.15) is 0 Å². The minimum atomic E-state index is -1.45. The van der Waals surface area contributed by atoms with Crippen molar-refractivity contribution in [3.05, 3.63) is 52.1 Å². The molecule has 232 valence electrons. The first-order chi connectivity index (χ1) is 21.2. The number of aliphatic hydroxyl groups excluding tert-OH is 2. The number of nitrogens with zero attached hydrogens (tertiary/aromatic N) is 6. The summed E-state index contributed by atoms with van der Waals surface area (Å²) in [5, 5.41) is 34.3. The van der Waals surface area contributed by atoms with Crippen molar-refractivity contribution in [3.8, 4) is 11.8 Å². The van der Waals surface area contributed by atoms with Crippen LogP contribution in [0.5, 0.6) is 0 Å². The Morgan fingerprint density at radius 3 is 2.61 bits per heavy atom. The molecule has 5 N–H and O–H groups in total. The number of carbonyl (C=O) groups excluding carboxylic acids is 2. The Kier molecular flexibility index (Phi) is 9.18. The Hall–Kier alpha value is -4.85. The summed E-state index contributed by atoms with van der Waals surface area (Å²) in [4.78, 5) is 49.5. The monoisotopic (exact) mass is 608 g/mol. The summed E-state index contributed by atoms with van der Waals surface area (Å²) in [7, 11) is 0. The van der Waals surface area contributed by atoms with Crippen molar-refractivity contribution in [1.82, 2.24) is 29.7 Å². The molecular formula is C28H32N8O8. The van der Waals surface area contributed by atoms with Crippen molar-refractivity contribution in [2.45, 2.75) is 57.3 Å². The second kappa shape index (κ2) is 13.2. The third-order valence-electron chi connectivity index (χ3n) is 7.54. The van der Waals surface area contributed by atoms with Crippen LogP contribution in [0.2, 0.25) is 0 Å². The first-order valence-corrected chi connectivity index (χ1v) is 14.1. The van der Waals surface area contributed by atoms with Crippen molar-refractivity contribution in [3.63, 3.8) is 0 Å². The predicted octanol–water partition coefficient (Wildman–Crippen LogP) is 0.862. The lowest BCUT2D eigenvalue weighted by Gasteiger charge is -2.30. The highest BCUT2D eigenvalue weighted by atomic mass is 16.6. The van der Waals surface area contributed by atoms with E-state index in [2.05, 4.69) is 32.1 Å². The molecular weight excluding hydrogens is 576 g/mol. The number of hydrogen-bond donors (Lipinski definition) is 4. The minimum Gasteiger partial charge on any atom is -0.445 e. The van der Waals surface area contributed by atoms with E-state index in [-0.39, 0.29) is 41.0 Å². The van der Waals surface area contributed by atoms with Gasteiger partial charge in [0.25, 0.3) is 11.6 Å². The smallest absolute Gasteiger partial charge is 0.410 e. The molecule has 3 aromatic rings. The summed E-state index contributed by atoms with van der Waals surface area (Å²) in [6.07, 6.45) is -2.39. The number of nitro benzene ring substituents is 1. The fourth-order valence-corrected chi connectivity index (χ4v) is 5.11. The van der Waals surface area contributed by atoms with Gasteiger partial charge in [0.1, 0.15) is 24.3 Å². The molecule has 2 amide bonds. The molecule has 2 aromatic heterocycles. The quantitative estimate of drug-likeness (QED) is 0.167. The molecule has 2 aliphatic rings. The average Bonchev–Trinajstić information content (AvgIpc) is 3.57. The molecule has 0 spiro atoms. The number of carbonyl (C=O) groups is 2. The summed E-state index contributed by atoms with van der Waals surface area (Å²) in [6, 6.07) is 5.84. The van der Waals surface area contributed by atoms with Crippen molar-refractivity contribution in [2.75, 3.05) is 25.4 Å². The number of aromatic nitrogens is 4. The number of nitro groups is 1. The van der Waals surface area contributed by atoms with E-state index in [1.54, 1.807) is 24.0 Å². The summed E-state index contributed by atoms with van der Waals surface area (Å²) >= 11 is 0. The maximum absolute atomic E-state index is 12.5. The van der Waals surface area contributed by atoms with Gasteiger partial charge in [-0.1, -0.05) is 5.92 Å². The van der Waals surface area contributed by atoms with Gasteiger partial charge in [0.2, 0.25) is 5.82 Å². The molecule has 4 atom stereocenters. The molecule has 2 aliphatic heterocycles. The number of imidazole rings is 1. The zero-order chi connectivity index (χ0) is 31.4. The lowest BCUT2D eigenvalue weighted by atomic mass is 9.94. The van der Waals surface area contributed by atoms with Crippen LogP contribution >= 0.6 is 0 Å². The number of hydrogen-bond acceptors (Lipinski definition) is 12. The van der Waals surface area contributed by atoms with Gasteiger partial charge in [-0.25, -0.2) is 19.7 Å². The van der Waals surface area contributed by atoms with Crippen LogP contribution in [0.1, 0.15) is 43.8 Å². The van der Waals surface area contributed by atoms with Gasteiger partial charge in [0.15, 0.2) is 23.8 Å². The van der Waals surface area contributed by atoms with Crippen molar-refractivity contribution in [1.29, 1.82) is 0 Å². The molecule has 0 bridgehead atoms. The standard InChI is InChI=1S/C28H32N8O8/c1-2-30-26(39)23-21(37)22(38)27(44-23)35-15-31-20-24(29)32-19(33-25(20)35)5-3-4-16-10-12-34(13-11-16)28(40)43-14-17-6-8-18(9-7-17)36(41)42/h6-9,15-16,21-23,27,37-38H,2,4,10-14H2,1H3,(H,30,39)(H2,29,32,33)/t21-,22+,23-,27+/m0/s1. The lowest BCUT2D eigenvalue weighted by Crippen LogP contribution is -2.42. The number of fused-ring (bicyclic) bond motifs is 1. The van der Waals surface area contributed by atoms with E-state index in [1.807, 2.05) is 0 Å². The van der Waals surface area contributed by atoms with Gasteiger partial charge in [0.05, 0.1) is 11.3 Å². The zero-order valence-corrected chi connectivity index (χ0v) is 23.8. The minimum absolute atomic E-state index is 0.0236. The van der Waals surface area contributed by atoms with E-state index in [0.717, 1.165) is 12.8 Å². The molecule has 16 nitrogen and oxygen atoms in total. The summed E-state index contributed by atoms with van der Waals surface area (Å²) in [5.74, 6) is 5.91. The van der Waals surface area contributed by atoms with Gasteiger partial charge >= 0.3 is 6.09 Å². The van der Waals surface area contributed by atoms with E-state index < -0.39 is 41.5 Å². The SMILES string of the molecule is CCNC(=O)[C@H]1O[C@@H](n2cnc3c(N)nc(C#CCC4CCN(C(=O)OCc5ccc([N+](=O)[O-])cc5)CC4)nc32)[C@H](O)[C@@H]1O. The summed E-state index contributed by atoms with van der Waals surface area (Å²) in [5.41, 5.74) is 7.22. The number of rotatable bonds is 7. The van der Waals surface area contributed by atoms with E-state index in [0.29, 0.717) is 31.6 Å². The fraction of sp³-hybridized carbons (Fsp3) is 0.464. The van der Waals surface area contributed by atoms with Gasteiger partial charge < -0.3 is 35.6 Å².